The van der Waals surface area contributed by atoms with Gasteiger partial charge in [0.15, 0.2) is 0 Å². The maximum Gasteiger partial charge on any atom is 0.513 e. The van der Waals surface area contributed by atoms with Crippen LogP contribution in [-0.2, 0) is 38.6 Å². The standard InChI is InChI=1S/C31H54O9/c1-13-15-17-25(19-30(9,10)21(3)4)27(32)39-37-23(7)35-29(34)36-24(8)38-40-28(33)26(18-16-14-2)20-31(11,12)22(5)6/h19-24H,13-18H2,1-12H3/b25-19-,26-20-. The molecule has 2 unspecified atom stereocenters. The van der Waals surface area contributed by atoms with Crippen molar-refractivity contribution in [3.63, 3.8) is 0 Å². The SMILES string of the molecule is CCCC/C(=C/C(C)(C)C(C)C)C(=O)OOC(C)OC(=O)OC(C)OOC(=O)/C(=C\C(C)(C)C(C)C)CCCC. The van der Waals surface area contributed by atoms with E-state index in [0.29, 0.717) is 35.8 Å². The molecule has 0 aliphatic heterocycles. The summed E-state index contributed by atoms with van der Waals surface area (Å²) in [5, 5.41) is 0. The van der Waals surface area contributed by atoms with Gasteiger partial charge in [-0.3, -0.25) is 9.78 Å². The summed E-state index contributed by atoms with van der Waals surface area (Å²) in [5.41, 5.74) is 0.571. The quantitative estimate of drug-likeness (QED) is 0.0528. The molecule has 0 radical (unpaired) electrons. The fraction of sp³-hybridized carbons (Fsp3) is 0.774. The van der Waals surface area contributed by atoms with Crippen molar-refractivity contribution in [2.24, 2.45) is 22.7 Å². The monoisotopic (exact) mass is 570 g/mol. The van der Waals surface area contributed by atoms with Crippen molar-refractivity contribution in [3.8, 4) is 0 Å². The molecule has 0 aromatic carbocycles. The highest BCUT2D eigenvalue weighted by Gasteiger charge is 2.26. The second-order valence-electron chi connectivity index (χ2n) is 12.1. The van der Waals surface area contributed by atoms with Gasteiger partial charge in [0.1, 0.15) is 0 Å². The molecule has 0 bridgehead atoms. The predicted molar refractivity (Wildman–Crippen MR) is 153 cm³/mol. The lowest BCUT2D eigenvalue weighted by molar-refractivity contribution is -0.350. The number of carbonyl (C=O) groups excluding carboxylic acids is 3. The summed E-state index contributed by atoms with van der Waals surface area (Å²) in [6.07, 6.45) is 4.73. The van der Waals surface area contributed by atoms with Crippen molar-refractivity contribution < 1.29 is 43.4 Å². The van der Waals surface area contributed by atoms with Crippen LogP contribution in [0.15, 0.2) is 23.3 Å². The van der Waals surface area contributed by atoms with Crippen LogP contribution in [0.25, 0.3) is 0 Å². The highest BCUT2D eigenvalue weighted by molar-refractivity contribution is 5.88. The summed E-state index contributed by atoms with van der Waals surface area (Å²) < 4.78 is 9.92. The van der Waals surface area contributed by atoms with Gasteiger partial charge >= 0.3 is 18.1 Å². The summed E-state index contributed by atoms with van der Waals surface area (Å²) in [6.45, 7) is 23.3. The van der Waals surface area contributed by atoms with Gasteiger partial charge in [-0.1, -0.05) is 94.2 Å². The van der Waals surface area contributed by atoms with Crippen molar-refractivity contribution >= 4 is 18.1 Å². The first kappa shape index (κ1) is 37.6. The molecule has 2 atom stereocenters. The molecule has 0 spiro atoms. The number of hydrogen-bond acceptors (Lipinski definition) is 9. The lowest BCUT2D eigenvalue weighted by Crippen LogP contribution is -2.26. The van der Waals surface area contributed by atoms with Gasteiger partial charge in [-0.2, -0.15) is 0 Å². The Hall–Kier alpha value is -2.39. The van der Waals surface area contributed by atoms with Gasteiger partial charge in [0.2, 0.25) is 12.6 Å². The molecule has 9 nitrogen and oxygen atoms in total. The number of hydrogen-bond donors (Lipinski definition) is 0. The minimum atomic E-state index is -1.25. The zero-order chi connectivity index (χ0) is 31.1. The highest BCUT2D eigenvalue weighted by atomic mass is 17.2. The van der Waals surface area contributed by atoms with E-state index in [-0.39, 0.29) is 10.8 Å². The Morgan fingerprint density at radius 2 is 0.950 bits per heavy atom. The molecule has 0 amide bonds. The molecule has 0 aliphatic carbocycles. The third kappa shape index (κ3) is 14.8. The predicted octanol–water partition coefficient (Wildman–Crippen LogP) is 8.38. The fourth-order valence-corrected chi connectivity index (χ4v) is 3.10. The number of carbonyl (C=O) groups is 3. The largest absolute Gasteiger partial charge is 0.513 e. The Kier molecular flexibility index (Phi) is 17.0. The lowest BCUT2D eigenvalue weighted by atomic mass is 9.79. The molecule has 0 aliphatic rings. The maximum atomic E-state index is 12.7. The molecule has 0 heterocycles. The highest BCUT2D eigenvalue weighted by Crippen LogP contribution is 2.31. The normalized spacial score (nSPS) is 14.7. The molecular weight excluding hydrogens is 516 g/mol. The molecule has 0 rings (SSSR count). The molecule has 0 saturated heterocycles. The zero-order valence-electron chi connectivity index (χ0n) is 26.9. The van der Waals surface area contributed by atoms with Crippen molar-refractivity contribution in [3.05, 3.63) is 23.3 Å². The molecular formula is C31H54O9. The van der Waals surface area contributed by atoms with Gasteiger partial charge in [0.25, 0.3) is 0 Å². The molecule has 40 heavy (non-hydrogen) atoms. The average Bonchev–Trinajstić information content (AvgIpc) is 2.85. The second-order valence-corrected chi connectivity index (χ2v) is 12.1. The van der Waals surface area contributed by atoms with Crippen molar-refractivity contribution in [2.45, 2.75) is 134 Å². The van der Waals surface area contributed by atoms with Crippen LogP contribution in [0.1, 0.15) is 122 Å². The maximum absolute atomic E-state index is 12.7. The number of rotatable bonds is 18. The van der Waals surface area contributed by atoms with Crippen LogP contribution < -0.4 is 0 Å². The number of ether oxygens (including phenoxy) is 2. The van der Waals surface area contributed by atoms with Gasteiger partial charge in [-0.15, -0.1) is 9.78 Å². The van der Waals surface area contributed by atoms with Gasteiger partial charge in [-0.25, -0.2) is 14.4 Å². The van der Waals surface area contributed by atoms with Crippen LogP contribution in [0.3, 0.4) is 0 Å². The smallest absolute Gasteiger partial charge is 0.401 e. The molecule has 232 valence electrons. The molecule has 9 heteroatoms. The van der Waals surface area contributed by atoms with E-state index in [1.165, 1.54) is 13.8 Å². The van der Waals surface area contributed by atoms with Gasteiger partial charge in [0.05, 0.1) is 0 Å². The van der Waals surface area contributed by atoms with Crippen LogP contribution in [0, 0.1) is 22.7 Å². The van der Waals surface area contributed by atoms with Gasteiger partial charge in [-0.05, 0) is 48.3 Å². The minimum absolute atomic E-state index is 0.217. The Morgan fingerprint density at radius 1 is 0.625 bits per heavy atom. The number of unbranched alkanes of at least 4 members (excludes halogenated alkanes) is 2. The molecule has 0 fully saturated rings. The Morgan fingerprint density at radius 3 is 1.23 bits per heavy atom. The lowest BCUT2D eigenvalue weighted by Gasteiger charge is -2.26. The van der Waals surface area contributed by atoms with Gasteiger partial charge in [0, 0.05) is 25.0 Å². The first-order valence-corrected chi connectivity index (χ1v) is 14.5. The number of allylic oxidation sites excluding steroid dienone is 2. The first-order chi connectivity index (χ1) is 18.5. The third-order valence-corrected chi connectivity index (χ3v) is 7.24. The summed E-state index contributed by atoms with van der Waals surface area (Å²) in [7, 11) is 0. The van der Waals surface area contributed by atoms with Crippen LogP contribution in [0.5, 0.6) is 0 Å². The average molecular weight is 571 g/mol. The van der Waals surface area contributed by atoms with Crippen LogP contribution >= 0.6 is 0 Å². The van der Waals surface area contributed by atoms with E-state index in [1.54, 1.807) is 0 Å². The van der Waals surface area contributed by atoms with Crippen LogP contribution in [-0.4, -0.2) is 30.7 Å². The van der Waals surface area contributed by atoms with Crippen LogP contribution in [0.4, 0.5) is 4.79 Å². The van der Waals surface area contributed by atoms with Crippen LogP contribution in [0.2, 0.25) is 0 Å². The van der Waals surface area contributed by atoms with E-state index in [4.69, 9.17) is 29.0 Å². The van der Waals surface area contributed by atoms with E-state index in [2.05, 4.69) is 55.4 Å². The van der Waals surface area contributed by atoms with Crippen molar-refractivity contribution in [1.82, 2.24) is 0 Å². The summed E-state index contributed by atoms with van der Waals surface area (Å²) >= 11 is 0. The fourth-order valence-electron chi connectivity index (χ4n) is 3.10. The third-order valence-electron chi connectivity index (χ3n) is 7.24. The molecule has 0 aromatic heterocycles. The molecule has 0 saturated carbocycles. The van der Waals surface area contributed by atoms with E-state index in [9.17, 15) is 14.4 Å². The Balaban J connectivity index is 4.93. The minimum Gasteiger partial charge on any atom is -0.401 e. The molecule has 0 aromatic rings. The van der Waals surface area contributed by atoms with E-state index in [0.717, 1.165) is 25.7 Å². The van der Waals surface area contributed by atoms with Crippen molar-refractivity contribution in [1.29, 1.82) is 0 Å². The van der Waals surface area contributed by atoms with Gasteiger partial charge < -0.3 is 9.47 Å². The zero-order valence-corrected chi connectivity index (χ0v) is 26.9. The topological polar surface area (TPSA) is 107 Å². The van der Waals surface area contributed by atoms with E-state index >= 15 is 0 Å². The van der Waals surface area contributed by atoms with Crippen molar-refractivity contribution in [2.75, 3.05) is 0 Å². The summed E-state index contributed by atoms with van der Waals surface area (Å²) in [6, 6.07) is 0. The molecule has 0 N–H and O–H groups in total. The first-order valence-electron chi connectivity index (χ1n) is 14.5. The Labute approximate surface area is 241 Å². The second kappa shape index (κ2) is 18.1. The summed E-state index contributed by atoms with van der Waals surface area (Å²) in [4.78, 5) is 57.3. The van der Waals surface area contributed by atoms with E-state index in [1.807, 2.05) is 26.0 Å². The Bertz CT molecular complexity index is 785. The summed E-state index contributed by atoms with van der Waals surface area (Å²) in [5.74, 6) is -0.655. The van der Waals surface area contributed by atoms with E-state index < -0.39 is 30.7 Å².